The number of nitrogens with one attached hydrogen (secondary N) is 1. The highest BCUT2D eigenvalue weighted by molar-refractivity contribution is 5.66. The van der Waals surface area contributed by atoms with E-state index in [4.69, 9.17) is 5.73 Å². The number of nitrogens with two attached hydrogens (primary N) is 1. The number of aromatic hydroxyl groups is 1. The zero-order valence-electron chi connectivity index (χ0n) is 10.2. The van der Waals surface area contributed by atoms with Crippen molar-refractivity contribution in [3.63, 3.8) is 0 Å². The first kappa shape index (κ1) is 13.2. The monoisotopic (exact) mass is 260 g/mol. The zero-order valence-corrected chi connectivity index (χ0v) is 10.2. The standard InChI is InChI=1S/C14H16N2O3/c15-11-3-1-2-4-12(11)16-13(14(18)19)9-5-7-10(17)8-6-9/h1-8,13-14,16-19H,15H2. The second-order valence-corrected chi connectivity index (χ2v) is 4.21. The minimum absolute atomic E-state index is 0.120. The molecule has 5 heteroatoms. The van der Waals surface area contributed by atoms with Crippen LogP contribution < -0.4 is 11.1 Å². The summed E-state index contributed by atoms with van der Waals surface area (Å²) in [5, 5.41) is 31.2. The number of phenols is 1. The minimum Gasteiger partial charge on any atom is -0.508 e. The molecule has 2 rings (SSSR count). The van der Waals surface area contributed by atoms with Gasteiger partial charge in [-0.05, 0) is 29.8 Å². The summed E-state index contributed by atoms with van der Waals surface area (Å²) in [6.07, 6.45) is -1.59. The average Bonchev–Trinajstić information content (AvgIpc) is 2.39. The van der Waals surface area contributed by atoms with E-state index < -0.39 is 12.3 Å². The Morgan fingerprint density at radius 1 is 0.947 bits per heavy atom. The Labute approximate surface area is 110 Å². The van der Waals surface area contributed by atoms with Crippen LogP contribution in [0, 0.1) is 0 Å². The summed E-state index contributed by atoms with van der Waals surface area (Å²) in [6, 6.07) is 12.6. The van der Waals surface area contributed by atoms with Crippen LogP contribution in [0.2, 0.25) is 0 Å². The molecule has 2 aromatic rings. The molecule has 0 spiro atoms. The fourth-order valence-corrected chi connectivity index (χ4v) is 1.81. The van der Waals surface area contributed by atoms with Gasteiger partial charge < -0.3 is 26.4 Å². The zero-order chi connectivity index (χ0) is 13.8. The Morgan fingerprint density at radius 2 is 1.58 bits per heavy atom. The third kappa shape index (κ3) is 3.15. The van der Waals surface area contributed by atoms with E-state index in [9.17, 15) is 15.3 Å². The minimum atomic E-state index is -1.59. The van der Waals surface area contributed by atoms with E-state index in [1.54, 1.807) is 36.4 Å². The van der Waals surface area contributed by atoms with Crippen molar-refractivity contribution in [2.75, 3.05) is 11.1 Å². The molecule has 5 nitrogen and oxygen atoms in total. The van der Waals surface area contributed by atoms with Gasteiger partial charge in [-0.2, -0.15) is 0 Å². The van der Waals surface area contributed by atoms with Gasteiger partial charge >= 0.3 is 0 Å². The molecule has 0 fully saturated rings. The van der Waals surface area contributed by atoms with E-state index in [0.29, 0.717) is 16.9 Å². The SMILES string of the molecule is Nc1ccccc1NC(c1ccc(O)cc1)C(O)O. The number of benzene rings is 2. The molecule has 100 valence electrons. The van der Waals surface area contributed by atoms with E-state index in [0.717, 1.165) is 0 Å². The van der Waals surface area contributed by atoms with Crippen LogP contribution in [0.25, 0.3) is 0 Å². The van der Waals surface area contributed by atoms with E-state index in [-0.39, 0.29) is 5.75 Å². The number of hydrogen-bond donors (Lipinski definition) is 5. The summed E-state index contributed by atoms with van der Waals surface area (Å²) < 4.78 is 0. The molecular formula is C14H16N2O3. The van der Waals surface area contributed by atoms with Gasteiger partial charge in [0.05, 0.1) is 11.4 Å². The summed E-state index contributed by atoms with van der Waals surface area (Å²) in [5.41, 5.74) is 7.58. The molecule has 0 saturated carbocycles. The van der Waals surface area contributed by atoms with Crippen molar-refractivity contribution in [2.45, 2.75) is 12.3 Å². The maximum absolute atomic E-state index is 9.48. The molecule has 0 radical (unpaired) electrons. The van der Waals surface area contributed by atoms with Crippen LogP contribution in [0.4, 0.5) is 11.4 Å². The predicted molar refractivity (Wildman–Crippen MR) is 73.6 cm³/mol. The quantitative estimate of drug-likeness (QED) is 0.423. The molecule has 0 aliphatic carbocycles. The summed E-state index contributed by atoms with van der Waals surface area (Å²) in [7, 11) is 0. The van der Waals surface area contributed by atoms with Crippen molar-refractivity contribution in [3.05, 3.63) is 54.1 Å². The molecule has 1 atom stereocenters. The van der Waals surface area contributed by atoms with Crippen molar-refractivity contribution in [1.82, 2.24) is 0 Å². The lowest BCUT2D eigenvalue weighted by molar-refractivity contribution is -0.0539. The van der Waals surface area contributed by atoms with Crippen molar-refractivity contribution in [1.29, 1.82) is 0 Å². The lowest BCUT2D eigenvalue weighted by Crippen LogP contribution is -2.25. The Hall–Kier alpha value is -2.24. The first-order chi connectivity index (χ1) is 9.08. The summed E-state index contributed by atoms with van der Waals surface area (Å²) in [6.45, 7) is 0. The van der Waals surface area contributed by atoms with Gasteiger partial charge in [0, 0.05) is 0 Å². The fourth-order valence-electron chi connectivity index (χ4n) is 1.81. The third-order valence-electron chi connectivity index (χ3n) is 2.82. The van der Waals surface area contributed by atoms with Gasteiger partial charge in [0.25, 0.3) is 0 Å². The number of aliphatic hydroxyl groups is 2. The Morgan fingerprint density at radius 3 is 2.16 bits per heavy atom. The van der Waals surface area contributed by atoms with Crippen LogP contribution in [-0.4, -0.2) is 21.6 Å². The van der Waals surface area contributed by atoms with Gasteiger partial charge in [-0.25, -0.2) is 0 Å². The molecule has 0 amide bonds. The molecule has 6 N–H and O–H groups in total. The molecular weight excluding hydrogens is 244 g/mol. The second kappa shape index (κ2) is 5.60. The largest absolute Gasteiger partial charge is 0.508 e. The number of para-hydroxylation sites is 2. The maximum Gasteiger partial charge on any atom is 0.176 e. The number of rotatable bonds is 4. The normalized spacial score (nSPS) is 12.4. The van der Waals surface area contributed by atoms with E-state index >= 15 is 0 Å². The van der Waals surface area contributed by atoms with Gasteiger partial charge in [0.1, 0.15) is 11.8 Å². The molecule has 0 heterocycles. The average molecular weight is 260 g/mol. The molecule has 19 heavy (non-hydrogen) atoms. The summed E-state index contributed by atoms with van der Waals surface area (Å²) >= 11 is 0. The summed E-state index contributed by atoms with van der Waals surface area (Å²) in [5.74, 6) is 0.120. The number of aliphatic hydroxyl groups excluding tert-OH is 1. The van der Waals surface area contributed by atoms with Crippen molar-refractivity contribution in [3.8, 4) is 5.75 Å². The van der Waals surface area contributed by atoms with Crippen molar-refractivity contribution in [2.24, 2.45) is 0 Å². The van der Waals surface area contributed by atoms with Crippen LogP contribution in [-0.2, 0) is 0 Å². The Bertz CT molecular complexity index is 541. The second-order valence-electron chi connectivity index (χ2n) is 4.21. The fraction of sp³-hybridized carbons (Fsp3) is 0.143. The molecule has 0 aromatic heterocycles. The highest BCUT2D eigenvalue weighted by Crippen LogP contribution is 2.26. The van der Waals surface area contributed by atoms with Crippen molar-refractivity contribution < 1.29 is 15.3 Å². The molecule has 0 aliphatic rings. The maximum atomic E-state index is 9.48. The van der Waals surface area contributed by atoms with Crippen LogP contribution in [0.3, 0.4) is 0 Å². The van der Waals surface area contributed by atoms with Crippen LogP contribution in [0.15, 0.2) is 48.5 Å². The van der Waals surface area contributed by atoms with Gasteiger partial charge in [-0.1, -0.05) is 24.3 Å². The molecule has 1 unspecified atom stereocenters. The number of phenolic OH excluding ortho intramolecular Hbond substituents is 1. The third-order valence-corrected chi connectivity index (χ3v) is 2.82. The molecule has 2 aromatic carbocycles. The van der Waals surface area contributed by atoms with Crippen LogP contribution in [0.1, 0.15) is 11.6 Å². The number of anilines is 2. The van der Waals surface area contributed by atoms with E-state index in [2.05, 4.69) is 5.32 Å². The first-order valence-corrected chi connectivity index (χ1v) is 5.84. The topological polar surface area (TPSA) is 98.7 Å². The van der Waals surface area contributed by atoms with Gasteiger partial charge in [-0.3, -0.25) is 0 Å². The van der Waals surface area contributed by atoms with Gasteiger partial charge in [0.2, 0.25) is 0 Å². The molecule has 0 bridgehead atoms. The van der Waals surface area contributed by atoms with E-state index in [1.165, 1.54) is 12.1 Å². The lowest BCUT2D eigenvalue weighted by Gasteiger charge is -2.23. The number of nitrogen functional groups attached to an aromatic ring is 1. The smallest absolute Gasteiger partial charge is 0.176 e. The Kier molecular flexibility index (Phi) is 3.89. The van der Waals surface area contributed by atoms with Gasteiger partial charge in [-0.15, -0.1) is 0 Å². The summed E-state index contributed by atoms with van der Waals surface area (Å²) in [4.78, 5) is 0. The van der Waals surface area contributed by atoms with E-state index in [1.807, 2.05) is 0 Å². The van der Waals surface area contributed by atoms with Crippen LogP contribution in [0.5, 0.6) is 5.75 Å². The Balaban J connectivity index is 2.26. The van der Waals surface area contributed by atoms with Gasteiger partial charge in [0.15, 0.2) is 6.29 Å². The van der Waals surface area contributed by atoms with Crippen LogP contribution >= 0.6 is 0 Å². The first-order valence-electron chi connectivity index (χ1n) is 5.84. The highest BCUT2D eigenvalue weighted by Gasteiger charge is 2.19. The lowest BCUT2D eigenvalue weighted by atomic mass is 10.1. The number of hydrogen-bond acceptors (Lipinski definition) is 5. The predicted octanol–water partition coefficient (Wildman–Crippen LogP) is 1.44. The molecule has 0 saturated heterocycles. The van der Waals surface area contributed by atoms with Crippen molar-refractivity contribution >= 4 is 11.4 Å². The highest BCUT2D eigenvalue weighted by atomic mass is 16.5. The molecule has 0 aliphatic heterocycles.